The lowest BCUT2D eigenvalue weighted by Gasteiger charge is -2.34. The Kier molecular flexibility index (Phi) is 5.41. The van der Waals surface area contributed by atoms with Gasteiger partial charge in [-0.15, -0.1) is 0 Å². The van der Waals surface area contributed by atoms with Crippen molar-refractivity contribution < 1.29 is 9.59 Å². The zero-order chi connectivity index (χ0) is 20.4. The molecule has 0 unspecified atom stereocenters. The van der Waals surface area contributed by atoms with Crippen LogP contribution in [-0.4, -0.2) is 65.1 Å². The van der Waals surface area contributed by atoms with Crippen LogP contribution in [0.3, 0.4) is 0 Å². The molecule has 3 fully saturated rings. The number of carbonyl (C=O) groups excluding carboxylic acids is 2. The number of nitrogens with one attached hydrogen (secondary N) is 1. The van der Waals surface area contributed by atoms with Crippen LogP contribution in [0.1, 0.15) is 44.6 Å². The zero-order valence-electron chi connectivity index (χ0n) is 16.9. The van der Waals surface area contributed by atoms with E-state index in [0.29, 0.717) is 37.1 Å². The van der Waals surface area contributed by atoms with Crippen molar-refractivity contribution in [1.82, 2.24) is 20.1 Å². The van der Waals surface area contributed by atoms with Crippen LogP contribution in [0.15, 0.2) is 18.3 Å². The molecule has 8 nitrogen and oxygen atoms in total. The van der Waals surface area contributed by atoms with Crippen molar-refractivity contribution in [3.05, 3.63) is 23.9 Å². The van der Waals surface area contributed by atoms with Crippen molar-refractivity contribution in [2.75, 3.05) is 37.7 Å². The third kappa shape index (κ3) is 3.79. The summed E-state index contributed by atoms with van der Waals surface area (Å²) in [5.41, 5.74) is -0.111. The topological polar surface area (TPSA) is 92.6 Å². The van der Waals surface area contributed by atoms with E-state index in [1.54, 1.807) is 18.3 Å². The van der Waals surface area contributed by atoms with Crippen LogP contribution in [0.5, 0.6) is 0 Å². The van der Waals surface area contributed by atoms with E-state index in [0.717, 1.165) is 45.2 Å². The molecule has 1 aromatic rings. The first kappa shape index (κ1) is 19.6. The number of urea groups is 1. The van der Waals surface area contributed by atoms with E-state index in [2.05, 4.69) is 33.1 Å². The van der Waals surface area contributed by atoms with Gasteiger partial charge in [-0.2, -0.15) is 5.26 Å². The molecule has 0 bridgehead atoms. The van der Waals surface area contributed by atoms with Crippen LogP contribution in [0, 0.1) is 17.2 Å². The van der Waals surface area contributed by atoms with E-state index in [1.165, 1.54) is 4.90 Å². The molecule has 3 amide bonds. The maximum atomic E-state index is 13.1. The van der Waals surface area contributed by atoms with Gasteiger partial charge in [0.25, 0.3) is 5.91 Å². The Bertz CT molecular complexity index is 827. The first-order valence-corrected chi connectivity index (χ1v) is 10.5. The number of amides is 3. The van der Waals surface area contributed by atoms with E-state index in [9.17, 15) is 14.9 Å². The van der Waals surface area contributed by atoms with Crippen LogP contribution >= 0.6 is 0 Å². The number of pyridine rings is 1. The highest BCUT2D eigenvalue weighted by atomic mass is 16.2. The Morgan fingerprint density at radius 2 is 2.03 bits per heavy atom. The average molecular weight is 396 g/mol. The number of nitrogens with zero attached hydrogens (tertiary/aromatic N) is 5. The minimum absolute atomic E-state index is 0.0630. The molecule has 1 N–H and O–H groups in total. The summed E-state index contributed by atoms with van der Waals surface area (Å²) in [4.78, 5) is 35.7. The van der Waals surface area contributed by atoms with Crippen molar-refractivity contribution in [3.63, 3.8) is 0 Å². The first-order valence-electron chi connectivity index (χ1n) is 10.5. The second-order valence-corrected chi connectivity index (χ2v) is 8.51. The number of carbonyl (C=O) groups is 2. The highest BCUT2D eigenvalue weighted by molar-refractivity contribution is 6.07. The zero-order valence-corrected chi connectivity index (χ0v) is 16.9. The lowest BCUT2D eigenvalue weighted by Crippen LogP contribution is -2.50. The molecule has 0 radical (unpaired) electrons. The van der Waals surface area contributed by atoms with Gasteiger partial charge < -0.3 is 10.2 Å². The third-order valence-electron chi connectivity index (χ3n) is 6.51. The lowest BCUT2D eigenvalue weighted by molar-refractivity contribution is -0.134. The molecule has 1 aliphatic carbocycles. The van der Waals surface area contributed by atoms with Gasteiger partial charge in [-0.25, -0.2) is 14.7 Å². The number of aromatic nitrogens is 1. The molecule has 4 rings (SSSR count). The van der Waals surface area contributed by atoms with Crippen molar-refractivity contribution in [2.45, 2.75) is 44.6 Å². The van der Waals surface area contributed by atoms with Crippen molar-refractivity contribution in [3.8, 4) is 6.07 Å². The molecule has 2 saturated heterocycles. The summed E-state index contributed by atoms with van der Waals surface area (Å²) in [5, 5.41) is 12.3. The van der Waals surface area contributed by atoms with Crippen molar-refractivity contribution in [2.24, 2.45) is 5.92 Å². The molecule has 29 heavy (non-hydrogen) atoms. The van der Waals surface area contributed by atoms with E-state index >= 15 is 0 Å². The van der Waals surface area contributed by atoms with Crippen LogP contribution in [0.25, 0.3) is 0 Å². The van der Waals surface area contributed by atoms with E-state index in [4.69, 9.17) is 0 Å². The van der Waals surface area contributed by atoms with Crippen LogP contribution in [0.2, 0.25) is 0 Å². The number of rotatable bonds is 3. The summed E-state index contributed by atoms with van der Waals surface area (Å²) in [6.07, 6.45) is 6.01. The molecule has 154 valence electrons. The quantitative estimate of drug-likeness (QED) is 0.785. The number of anilines is 1. The van der Waals surface area contributed by atoms with Gasteiger partial charge in [0.1, 0.15) is 17.4 Å². The molecule has 0 aromatic carbocycles. The smallest absolute Gasteiger partial charge is 0.326 e. The summed E-state index contributed by atoms with van der Waals surface area (Å²) >= 11 is 0. The summed E-state index contributed by atoms with van der Waals surface area (Å²) in [6, 6.07) is 5.50. The van der Waals surface area contributed by atoms with E-state index < -0.39 is 5.54 Å². The van der Waals surface area contributed by atoms with Gasteiger partial charge in [-0.05, 0) is 50.2 Å². The SMILES string of the molecule is CC1CCC2(CC1)NC(=O)N(CN1CCCN(c3ncccc3C#N)CC1)C2=O. The normalized spacial score (nSPS) is 28.3. The van der Waals surface area contributed by atoms with Crippen LogP contribution < -0.4 is 10.2 Å². The molecule has 0 atom stereocenters. The largest absolute Gasteiger partial charge is 0.354 e. The van der Waals surface area contributed by atoms with Gasteiger partial charge in [0.2, 0.25) is 0 Å². The molecular formula is C21H28N6O2. The monoisotopic (exact) mass is 396 g/mol. The Labute approximate surface area is 171 Å². The van der Waals surface area contributed by atoms with Crippen LogP contribution in [-0.2, 0) is 4.79 Å². The summed E-state index contributed by atoms with van der Waals surface area (Å²) in [5.74, 6) is 1.26. The minimum atomic E-state index is -0.683. The minimum Gasteiger partial charge on any atom is -0.354 e. The highest BCUT2D eigenvalue weighted by Crippen LogP contribution is 2.36. The maximum absolute atomic E-state index is 13.1. The number of hydrogen-bond donors (Lipinski definition) is 1. The fraction of sp³-hybridized carbons (Fsp3) is 0.619. The number of imide groups is 1. The molecule has 3 heterocycles. The fourth-order valence-corrected chi connectivity index (χ4v) is 4.66. The Morgan fingerprint density at radius 1 is 1.24 bits per heavy atom. The summed E-state index contributed by atoms with van der Waals surface area (Å²) in [7, 11) is 0. The lowest BCUT2D eigenvalue weighted by atomic mass is 9.77. The first-order chi connectivity index (χ1) is 14.0. The van der Waals surface area contributed by atoms with Gasteiger partial charge in [0.15, 0.2) is 0 Å². The molecule has 8 heteroatoms. The highest BCUT2D eigenvalue weighted by Gasteiger charge is 2.52. The second-order valence-electron chi connectivity index (χ2n) is 8.51. The molecular weight excluding hydrogens is 368 g/mol. The molecule has 1 saturated carbocycles. The summed E-state index contributed by atoms with van der Waals surface area (Å²) in [6.45, 7) is 5.54. The fourth-order valence-electron chi connectivity index (χ4n) is 4.66. The van der Waals surface area contributed by atoms with Gasteiger partial charge >= 0.3 is 6.03 Å². The Morgan fingerprint density at radius 3 is 2.79 bits per heavy atom. The third-order valence-corrected chi connectivity index (χ3v) is 6.51. The maximum Gasteiger partial charge on any atom is 0.326 e. The predicted octanol–water partition coefficient (Wildman–Crippen LogP) is 1.92. The Balaban J connectivity index is 1.40. The van der Waals surface area contributed by atoms with Gasteiger partial charge in [-0.3, -0.25) is 9.69 Å². The van der Waals surface area contributed by atoms with Gasteiger partial charge in [0, 0.05) is 32.4 Å². The molecule has 2 aliphatic heterocycles. The average Bonchev–Trinajstić information content (AvgIpc) is 2.89. The molecule has 1 aromatic heterocycles. The van der Waals surface area contributed by atoms with Gasteiger partial charge in [-0.1, -0.05) is 6.92 Å². The second kappa shape index (κ2) is 7.99. The van der Waals surface area contributed by atoms with E-state index in [-0.39, 0.29) is 11.9 Å². The molecule has 1 spiro atoms. The Hall–Kier alpha value is -2.66. The van der Waals surface area contributed by atoms with Gasteiger partial charge in [0.05, 0.1) is 12.2 Å². The predicted molar refractivity (Wildman–Crippen MR) is 108 cm³/mol. The molecule has 3 aliphatic rings. The number of nitriles is 1. The van der Waals surface area contributed by atoms with Crippen LogP contribution in [0.4, 0.5) is 10.6 Å². The summed E-state index contributed by atoms with van der Waals surface area (Å²) < 4.78 is 0. The number of hydrogen-bond acceptors (Lipinski definition) is 6. The van der Waals surface area contributed by atoms with Crippen molar-refractivity contribution >= 4 is 17.8 Å². The van der Waals surface area contributed by atoms with E-state index in [1.807, 2.05) is 0 Å². The standard InChI is InChI=1S/C21H28N6O2/c1-16-5-7-21(8-6-16)19(28)27(20(29)24-21)15-25-10-3-11-26(13-12-25)18-17(14-22)4-2-9-23-18/h2,4,9,16H,3,5-8,10-13,15H2,1H3,(H,24,29). The van der Waals surface area contributed by atoms with Crippen molar-refractivity contribution in [1.29, 1.82) is 5.26 Å².